The molecule has 1 aliphatic heterocycles. The first-order chi connectivity index (χ1) is 8.33. The Morgan fingerprint density at radius 2 is 2.00 bits per heavy atom. The number of rotatable bonds is 3. The molecule has 0 aromatic heterocycles. The first-order valence-corrected chi connectivity index (χ1v) is 5.57. The molecule has 1 aromatic rings. The number of ether oxygens (including phenoxy) is 2. The van der Waals surface area contributed by atoms with E-state index >= 15 is 0 Å². The van der Waals surface area contributed by atoms with Crippen molar-refractivity contribution in [3.05, 3.63) is 53.4 Å². The van der Waals surface area contributed by atoms with Gasteiger partial charge in [-0.2, -0.15) is 0 Å². The van der Waals surface area contributed by atoms with E-state index in [0.717, 1.165) is 17.0 Å². The number of nitrogens with zero attached hydrogens (tertiary/aromatic N) is 1. The van der Waals surface area contributed by atoms with Crippen LogP contribution in [0, 0.1) is 0 Å². The average Bonchev–Trinajstić information content (AvgIpc) is 2.73. The molecule has 0 radical (unpaired) electrons. The average molecular weight is 229 g/mol. The van der Waals surface area contributed by atoms with E-state index < -0.39 is 0 Å². The summed E-state index contributed by atoms with van der Waals surface area (Å²) in [5.41, 5.74) is 1.88. The summed E-state index contributed by atoms with van der Waals surface area (Å²) < 4.78 is 10.6. The van der Waals surface area contributed by atoms with Crippen LogP contribution in [0.1, 0.15) is 12.5 Å². The highest BCUT2D eigenvalue weighted by atomic mass is 16.5. The SMILES string of the molecule is CCOC1=N/C(=C\c2ccccc2)C(OC)=C1. The molecule has 0 unspecified atom stereocenters. The molecule has 3 heteroatoms. The normalized spacial score (nSPS) is 16.7. The van der Waals surface area contributed by atoms with Crippen LogP contribution in [0.15, 0.2) is 52.9 Å². The van der Waals surface area contributed by atoms with Crippen molar-refractivity contribution < 1.29 is 9.47 Å². The fourth-order valence-corrected chi connectivity index (χ4v) is 1.59. The summed E-state index contributed by atoms with van der Waals surface area (Å²) in [6, 6.07) is 10.0. The second kappa shape index (κ2) is 5.34. The van der Waals surface area contributed by atoms with Gasteiger partial charge in [0.25, 0.3) is 0 Å². The van der Waals surface area contributed by atoms with E-state index in [9.17, 15) is 0 Å². The molecule has 1 heterocycles. The Labute approximate surface area is 101 Å². The molecule has 2 rings (SSSR count). The Bertz CT molecular complexity index is 472. The van der Waals surface area contributed by atoms with Gasteiger partial charge in [-0.15, -0.1) is 0 Å². The minimum absolute atomic E-state index is 0.602. The molecule has 1 aromatic carbocycles. The van der Waals surface area contributed by atoms with Crippen molar-refractivity contribution in [2.24, 2.45) is 4.99 Å². The van der Waals surface area contributed by atoms with Gasteiger partial charge in [0.2, 0.25) is 5.90 Å². The molecular weight excluding hydrogens is 214 g/mol. The van der Waals surface area contributed by atoms with Gasteiger partial charge >= 0.3 is 0 Å². The van der Waals surface area contributed by atoms with E-state index in [-0.39, 0.29) is 0 Å². The lowest BCUT2D eigenvalue weighted by Crippen LogP contribution is -1.97. The zero-order valence-corrected chi connectivity index (χ0v) is 10.0. The molecule has 0 amide bonds. The fourth-order valence-electron chi connectivity index (χ4n) is 1.59. The Hall–Kier alpha value is -2.03. The van der Waals surface area contributed by atoms with Crippen LogP contribution in [-0.4, -0.2) is 19.6 Å². The third-order valence-corrected chi connectivity index (χ3v) is 2.35. The van der Waals surface area contributed by atoms with Crippen LogP contribution in [0.3, 0.4) is 0 Å². The minimum atomic E-state index is 0.602. The Kier molecular flexibility index (Phi) is 3.60. The van der Waals surface area contributed by atoms with Crippen molar-refractivity contribution in [1.82, 2.24) is 0 Å². The molecule has 17 heavy (non-hydrogen) atoms. The van der Waals surface area contributed by atoms with Gasteiger partial charge in [0.05, 0.1) is 13.7 Å². The van der Waals surface area contributed by atoms with Gasteiger partial charge in [-0.25, -0.2) is 4.99 Å². The van der Waals surface area contributed by atoms with E-state index in [2.05, 4.69) is 4.99 Å². The lowest BCUT2D eigenvalue weighted by Gasteiger charge is -2.00. The van der Waals surface area contributed by atoms with E-state index in [0.29, 0.717) is 12.5 Å². The number of methoxy groups -OCH3 is 1. The van der Waals surface area contributed by atoms with Crippen LogP contribution in [0.4, 0.5) is 0 Å². The summed E-state index contributed by atoms with van der Waals surface area (Å²) in [5, 5.41) is 0. The summed E-state index contributed by atoms with van der Waals surface area (Å²) in [6.07, 6.45) is 3.78. The van der Waals surface area contributed by atoms with Crippen molar-refractivity contribution >= 4 is 12.0 Å². The predicted octanol–water partition coefficient (Wildman–Crippen LogP) is 3.01. The summed E-state index contributed by atoms with van der Waals surface area (Å²) in [4.78, 5) is 4.36. The maximum absolute atomic E-state index is 5.36. The van der Waals surface area contributed by atoms with E-state index in [1.807, 2.05) is 43.3 Å². The molecule has 0 spiro atoms. The van der Waals surface area contributed by atoms with Crippen LogP contribution in [0.25, 0.3) is 6.08 Å². The lowest BCUT2D eigenvalue weighted by molar-refractivity contribution is 0.301. The molecule has 0 saturated heterocycles. The van der Waals surface area contributed by atoms with Crippen molar-refractivity contribution in [1.29, 1.82) is 0 Å². The van der Waals surface area contributed by atoms with Crippen LogP contribution in [-0.2, 0) is 9.47 Å². The molecular formula is C14H15NO2. The van der Waals surface area contributed by atoms with Crippen LogP contribution in [0.2, 0.25) is 0 Å². The molecule has 0 fully saturated rings. The predicted molar refractivity (Wildman–Crippen MR) is 68.6 cm³/mol. The van der Waals surface area contributed by atoms with Gasteiger partial charge in [-0.05, 0) is 18.6 Å². The van der Waals surface area contributed by atoms with Crippen LogP contribution >= 0.6 is 0 Å². The highest BCUT2D eigenvalue weighted by Gasteiger charge is 2.15. The molecule has 1 aliphatic rings. The van der Waals surface area contributed by atoms with E-state index in [1.165, 1.54) is 0 Å². The van der Waals surface area contributed by atoms with Gasteiger partial charge in [0.1, 0.15) is 11.5 Å². The summed E-state index contributed by atoms with van der Waals surface area (Å²) in [7, 11) is 1.63. The monoisotopic (exact) mass is 229 g/mol. The molecule has 0 atom stereocenters. The van der Waals surface area contributed by atoms with Crippen LogP contribution in [0.5, 0.6) is 0 Å². The lowest BCUT2D eigenvalue weighted by atomic mass is 10.2. The van der Waals surface area contributed by atoms with E-state index in [4.69, 9.17) is 9.47 Å². The smallest absolute Gasteiger partial charge is 0.217 e. The Morgan fingerprint density at radius 1 is 1.24 bits per heavy atom. The van der Waals surface area contributed by atoms with Gasteiger partial charge in [-0.1, -0.05) is 30.3 Å². The highest BCUT2D eigenvalue weighted by Crippen LogP contribution is 2.22. The zero-order valence-electron chi connectivity index (χ0n) is 10.0. The maximum Gasteiger partial charge on any atom is 0.217 e. The van der Waals surface area contributed by atoms with Gasteiger partial charge in [0.15, 0.2) is 0 Å². The first kappa shape index (κ1) is 11.5. The second-order valence-electron chi connectivity index (χ2n) is 3.54. The minimum Gasteiger partial charge on any atom is -0.494 e. The van der Waals surface area contributed by atoms with Crippen molar-refractivity contribution in [3.63, 3.8) is 0 Å². The van der Waals surface area contributed by atoms with Crippen molar-refractivity contribution in [2.75, 3.05) is 13.7 Å². The topological polar surface area (TPSA) is 30.8 Å². The Balaban J connectivity index is 2.26. The van der Waals surface area contributed by atoms with E-state index in [1.54, 1.807) is 13.2 Å². The van der Waals surface area contributed by atoms with Crippen LogP contribution < -0.4 is 0 Å². The summed E-state index contributed by atoms with van der Waals surface area (Å²) in [6.45, 7) is 2.53. The summed E-state index contributed by atoms with van der Waals surface area (Å²) >= 11 is 0. The zero-order chi connectivity index (χ0) is 12.1. The highest BCUT2D eigenvalue weighted by molar-refractivity contribution is 5.94. The maximum atomic E-state index is 5.36. The first-order valence-electron chi connectivity index (χ1n) is 5.57. The third kappa shape index (κ3) is 2.75. The number of benzene rings is 1. The van der Waals surface area contributed by atoms with Gasteiger partial charge in [-0.3, -0.25) is 0 Å². The molecule has 0 N–H and O–H groups in total. The molecule has 0 bridgehead atoms. The summed E-state index contributed by atoms with van der Waals surface area (Å²) in [5.74, 6) is 1.34. The number of hydrogen-bond donors (Lipinski definition) is 0. The third-order valence-electron chi connectivity index (χ3n) is 2.35. The standard InChI is InChI=1S/C14H15NO2/c1-3-17-14-10-13(16-2)12(15-14)9-11-7-5-4-6-8-11/h4-10H,3H2,1-2H3/b12-9-. The molecule has 0 aliphatic carbocycles. The van der Waals surface area contributed by atoms with Crippen molar-refractivity contribution in [2.45, 2.75) is 6.92 Å². The largest absolute Gasteiger partial charge is 0.494 e. The molecule has 0 saturated carbocycles. The second-order valence-corrected chi connectivity index (χ2v) is 3.54. The molecule has 88 valence electrons. The van der Waals surface area contributed by atoms with Gasteiger partial charge in [0, 0.05) is 6.08 Å². The molecule has 3 nitrogen and oxygen atoms in total. The Morgan fingerprint density at radius 3 is 2.65 bits per heavy atom. The quantitative estimate of drug-likeness (QED) is 0.797. The fraction of sp³-hybridized carbons (Fsp3) is 0.214. The van der Waals surface area contributed by atoms with Crippen molar-refractivity contribution in [3.8, 4) is 0 Å². The number of aliphatic imine (C=N–C) groups is 1. The number of hydrogen-bond acceptors (Lipinski definition) is 3. The van der Waals surface area contributed by atoms with Gasteiger partial charge < -0.3 is 9.47 Å².